The highest BCUT2D eigenvalue weighted by Crippen LogP contribution is 2.32. The number of ether oxygens (including phenoxy) is 1. The fraction of sp³-hybridized carbons (Fsp3) is 0.368. The zero-order chi connectivity index (χ0) is 17.9. The highest BCUT2D eigenvalue weighted by Gasteiger charge is 2.37. The monoisotopic (exact) mass is 344 g/mol. The average molecular weight is 344 g/mol. The number of carbonyl (C=O) groups is 1. The van der Waals surface area contributed by atoms with Crippen molar-refractivity contribution in [2.45, 2.75) is 32.2 Å². The van der Waals surface area contributed by atoms with Gasteiger partial charge in [-0.15, -0.1) is 0 Å². The molecule has 0 radical (unpaired) electrons. The first-order valence-corrected chi connectivity index (χ1v) is 8.29. The molecular weight excluding hydrogens is 320 g/mol. The average Bonchev–Trinajstić information content (AvgIpc) is 2.51. The standard InChI is InChI=1S/C19H24N2O2S/c1-6-11-23-17(22)15-12(2)20-18(24)21-16(15)13-7-9-14(10-8-13)19(3,4)5/h6-10,15-16H,1-2,11H2,3-5H3,(H2,20,21,24)/t15-,16+/m1/s1. The van der Waals surface area contributed by atoms with Crippen LogP contribution in [0.5, 0.6) is 0 Å². The molecular formula is C19H24N2O2S. The van der Waals surface area contributed by atoms with Crippen molar-refractivity contribution in [1.82, 2.24) is 10.6 Å². The quantitative estimate of drug-likeness (QED) is 0.498. The summed E-state index contributed by atoms with van der Waals surface area (Å²) < 4.78 is 5.22. The van der Waals surface area contributed by atoms with Gasteiger partial charge in [-0.2, -0.15) is 0 Å². The lowest BCUT2D eigenvalue weighted by atomic mass is 9.84. The maximum Gasteiger partial charge on any atom is 0.317 e. The van der Waals surface area contributed by atoms with Crippen LogP contribution < -0.4 is 10.6 Å². The molecule has 0 aliphatic carbocycles. The van der Waals surface area contributed by atoms with Gasteiger partial charge in [0.2, 0.25) is 0 Å². The second-order valence-electron chi connectivity index (χ2n) is 6.87. The molecule has 2 N–H and O–H groups in total. The van der Waals surface area contributed by atoms with E-state index >= 15 is 0 Å². The first kappa shape index (κ1) is 18.2. The zero-order valence-electron chi connectivity index (χ0n) is 14.4. The summed E-state index contributed by atoms with van der Waals surface area (Å²) in [6, 6.07) is 7.90. The van der Waals surface area contributed by atoms with Crippen LogP contribution in [0.4, 0.5) is 0 Å². The van der Waals surface area contributed by atoms with Crippen molar-refractivity contribution in [3.63, 3.8) is 0 Å². The van der Waals surface area contributed by atoms with Gasteiger partial charge in [0.25, 0.3) is 0 Å². The molecule has 1 heterocycles. The summed E-state index contributed by atoms with van der Waals surface area (Å²) in [5, 5.41) is 6.54. The summed E-state index contributed by atoms with van der Waals surface area (Å²) in [5.41, 5.74) is 2.81. The molecule has 1 aromatic rings. The van der Waals surface area contributed by atoms with Crippen LogP contribution in [0.25, 0.3) is 0 Å². The lowest BCUT2D eigenvalue weighted by molar-refractivity contribution is -0.147. The zero-order valence-corrected chi connectivity index (χ0v) is 15.2. The first-order chi connectivity index (χ1) is 11.2. The van der Waals surface area contributed by atoms with E-state index in [2.05, 4.69) is 56.7 Å². The van der Waals surface area contributed by atoms with E-state index in [1.165, 1.54) is 5.56 Å². The maximum absolute atomic E-state index is 12.4. The number of carbonyl (C=O) groups excluding carboxylic acids is 1. The SMILES string of the molecule is C=CCOC(=O)[C@@H]1C(=C)NC(=S)N[C@H]1c1ccc(C(C)(C)C)cc1. The van der Waals surface area contributed by atoms with Crippen molar-refractivity contribution in [3.8, 4) is 0 Å². The highest BCUT2D eigenvalue weighted by atomic mass is 32.1. The van der Waals surface area contributed by atoms with Crippen LogP contribution in [0.1, 0.15) is 37.9 Å². The molecule has 0 saturated carbocycles. The van der Waals surface area contributed by atoms with E-state index in [-0.39, 0.29) is 24.0 Å². The molecule has 2 rings (SSSR count). The molecule has 5 heteroatoms. The van der Waals surface area contributed by atoms with Gasteiger partial charge in [-0.05, 0) is 28.8 Å². The fourth-order valence-corrected chi connectivity index (χ4v) is 2.92. The third-order valence-electron chi connectivity index (χ3n) is 4.00. The topological polar surface area (TPSA) is 50.4 Å². The summed E-state index contributed by atoms with van der Waals surface area (Å²) in [6.07, 6.45) is 1.54. The molecule has 1 fully saturated rings. The number of hydrogen-bond acceptors (Lipinski definition) is 3. The molecule has 1 aliphatic rings. The minimum absolute atomic E-state index is 0.0707. The van der Waals surface area contributed by atoms with Gasteiger partial charge in [-0.25, -0.2) is 0 Å². The van der Waals surface area contributed by atoms with Gasteiger partial charge in [0, 0.05) is 5.70 Å². The molecule has 0 amide bonds. The molecule has 0 bridgehead atoms. The van der Waals surface area contributed by atoms with Crippen molar-refractivity contribution in [1.29, 1.82) is 0 Å². The number of benzene rings is 1. The fourth-order valence-electron chi connectivity index (χ4n) is 2.66. The Kier molecular flexibility index (Phi) is 5.44. The predicted molar refractivity (Wildman–Crippen MR) is 101 cm³/mol. The van der Waals surface area contributed by atoms with Gasteiger partial charge in [0.1, 0.15) is 12.5 Å². The summed E-state index contributed by atoms with van der Waals surface area (Å²) >= 11 is 5.22. The van der Waals surface area contributed by atoms with Crippen molar-refractivity contribution in [2.75, 3.05) is 6.61 Å². The summed E-state index contributed by atoms with van der Waals surface area (Å²) in [5.74, 6) is -0.913. The lowest BCUT2D eigenvalue weighted by Crippen LogP contribution is -2.51. The molecule has 1 aromatic carbocycles. The number of hydrogen-bond donors (Lipinski definition) is 2. The van der Waals surface area contributed by atoms with E-state index < -0.39 is 5.92 Å². The van der Waals surface area contributed by atoms with Crippen molar-refractivity contribution in [3.05, 3.63) is 60.3 Å². The van der Waals surface area contributed by atoms with Crippen molar-refractivity contribution >= 4 is 23.3 Å². The van der Waals surface area contributed by atoms with Crippen LogP contribution in [0.2, 0.25) is 0 Å². The molecule has 0 aromatic heterocycles. The van der Waals surface area contributed by atoms with E-state index in [0.717, 1.165) is 5.56 Å². The van der Waals surface area contributed by atoms with E-state index in [1.807, 2.05) is 12.1 Å². The molecule has 0 spiro atoms. The van der Waals surface area contributed by atoms with Crippen LogP contribution >= 0.6 is 12.2 Å². The Balaban J connectivity index is 2.32. The number of thiocarbonyl (C=S) groups is 1. The van der Waals surface area contributed by atoms with Crippen LogP contribution in [0.15, 0.2) is 49.2 Å². The maximum atomic E-state index is 12.4. The second-order valence-corrected chi connectivity index (χ2v) is 7.28. The van der Waals surface area contributed by atoms with E-state index in [0.29, 0.717) is 10.8 Å². The van der Waals surface area contributed by atoms with Gasteiger partial charge < -0.3 is 15.4 Å². The lowest BCUT2D eigenvalue weighted by Gasteiger charge is -2.35. The van der Waals surface area contributed by atoms with Crippen LogP contribution in [-0.4, -0.2) is 17.7 Å². The smallest absolute Gasteiger partial charge is 0.317 e. The highest BCUT2D eigenvalue weighted by molar-refractivity contribution is 7.80. The van der Waals surface area contributed by atoms with Gasteiger partial charge in [-0.1, -0.05) is 64.3 Å². The van der Waals surface area contributed by atoms with Crippen molar-refractivity contribution in [2.24, 2.45) is 5.92 Å². The Hall–Kier alpha value is -2.14. The van der Waals surface area contributed by atoms with Gasteiger partial charge in [-0.3, -0.25) is 4.79 Å². The van der Waals surface area contributed by atoms with Gasteiger partial charge in [0.05, 0.1) is 6.04 Å². The largest absolute Gasteiger partial charge is 0.461 e. The van der Waals surface area contributed by atoms with Crippen LogP contribution in [0.3, 0.4) is 0 Å². The Bertz CT molecular complexity index is 659. The minimum atomic E-state index is -0.558. The Morgan fingerprint density at radius 2 is 1.96 bits per heavy atom. The summed E-state index contributed by atoms with van der Waals surface area (Å²) in [4.78, 5) is 12.4. The molecule has 128 valence electrons. The normalized spacial score (nSPS) is 20.8. The minimum Gasteiger partial charge on any atom is -0.461 e. The van der Waals surface area contributed by atoms with Gasteiger partial charge >= 0.3 is 5.97 Å². The van der Waals surface area contributed by atoms with Crippen molar-refractivity contribution < 1.29 is 9.53 Å². The Morgan fingerprint density at radius 3 is 2.50 bits per heavy atom. The molecule has 0 unspecified atom stereocenters. The third-order valence-corrected chi connectivity index (χ3v) is 4.22. The van der Waals surface area contributed by atoms with Crippen LogP contribution in [-0.2, 0) is 14.9 Å². The Labute approximate surface area is 149 Å². The van der Waals surface area contributed by atoms with E-state index in [1.54, 1.807) is 6.08 Å². The molecule has 1 aliphatic heterocycles. The number of esters is 1. The van der Waals surface area contributed by atoms with Gasteiger partial charge in [0.15, 0.2) is 5.11 Å². The second kappa shape index (κ2) is 7.18. The predicted octanol–water partition coefficient (Wildman–Crippen LogP) is 3.36. The molecule has 1 saturated heterocycles. The van der Waals surface area contributed by atoms with E-state index in [4.69, 9.17) is 17.0 Å². The molecule has 24 heavy (non-hydrogen) atoms. The summed E-state index contributed by atoms with van der Waals surface area (Å²) in [7, 11) is 0. The van der Waals surface area contributed by atoms with E-state index in [9.17, 15) is 4.79 Å². The number of nitrogens with one attached hydrogen (secondary N) is 2. The first-order valence-electron chi connectivity index (χ1n) is 7.88. The third kappa shape index (κ3) is 4.03. The Morgan fingerprint density at radius 1 is 1.33 bits per heavy atom. The van der Waals surface area contributed by atoms with Crippen LogP contribution in [0, 0.1) is 5.92 Å². The number of rotatable bonds is 4. The molecule has 2 atom stereocenters. The summed E-state index contributed by atoms with van der Waals surface area (Å²) in [6.45, 7) is 14.2. The molecule has 4 nitrogen and oxygen atoms in total.